The first-order valence-corrected chi connectivity index (χ1v) is 6.20. The van der Waals surface area contributed by atoms with Gasteiger partial charge in [0.1, 0.15) is 6.54 Å². The van der Waals surface area contributed by atoms with Crippen LogP contribution in [-0.4, -0.2) is 35.1 Å². The van der Waals surface area contributed by atoms with Crippen LogP contribution in [0, 0.1) is 20.8 Å². The molecule has 1 aromatic rings. The van der Waals surface area contributed by atoms with Crippen LogP contribution in [0.25, 0.3) is 0 Å². The van der Waals surface area contributed by atoms with Gasteiger partial charge in [0.25, 0.3) is 0 Å². The fourth-order valence-electron chi connectivity index (χ4n) is 2.05. The number of carbonyl (C=O) groups is 2. The van der Waals surface area contributed by atoms with Crippen molar-refractivity contribution >= 4 is 17.7 Å². The maximum Gasteiger partial charge on any atom is 0.323 e. The molecule has 0 bridgehead atoms. The number of nitrogens with one attached hydrogen (secondary N) is 1. The lowest BCUT2D eigenvalue weighted by molar-refractivity contribution is -0.137. The summed E-state index contributed by atoms with van der Waals surface area (Å²) in [6.07, 6.45) is 0. The quantitative estimate of drug-likeness (QED) is 0.878. The molecule has 0 aliphatic rings. The van der Waals surface area contributed by atoms with Gasteiger partial charge in [0.05, 0.1) is 0 Å². The van der Waals surface area contributed by atoms with Gasteiger partial charge >= 0.3 is 12.0 Å². The van der Waals surface area contributed by atoms with E-state index in [2.05, 4.69) is 5.32 Å². The summed E-state index contributed by atoms with van der Waals surface area (Å²) >= 11 is 0. The summed E-state index contributed by atoms with van der Waals surface area (Å²) in [7, 11) is 0. The molecule has 0 spiro atoms. The number of carbonyl (C=O) groups excluding carboxylic acids is 1. The second-order valence-electron chi connectivity index (χ2n) is 4.61. The Hall–Kier alpha value is -2.04. The Morgan fingerprint density at radius 3 is 2.16 bits per heavy atom. The summed E-state index contributed by atoms with van der Waals surface area (Å²) < 4.78 is 0. The van der Waals surface area contributed by atoms with Crippen molar-refractivity contribution in [2.45, 2.75) is 27.7 Å². The third-order valence-corrected chi connectivity index (χ3v) is 2.90. The van der Waals surface area contributed by atoms with Crippen molar-refractivity contribution < 1.29 is 14.7 Å². The van der Waals surface area contributed by atoms with Crippen molar-refractivity contribution in [3.63, 3.8) is 0 Å². The highest BCUT2D eigenvalue weighted by Gasteiger charge is 2.16. The molecule has 0 saturated heterocycles. The van der Waals surface area contributed by atoms with Crippen molar-refractivity contribution in [3.05, 3.63) is 28.8 Å². The third kappa shape index (κ3) is 3.98. The monoisotopic (exact) mass is 264 g/mol. The Labute approximate surface area is 113 Å². The summed E-state index contributed by atoms with van der Waals surface area (Å²) in [6.45, 7) is 7.63. The van der Waals surface area contributed by atoms with Crippen LogP contribution in [0.2, 0.25) is 0 Å². The number of benzene rings is 1. The average molecular weight is 264 g/mol. The molecule has 0 atom stereocenters. The molecular weight excluding hydrogens is 244 g/mol. The van der Waals surface area contributed by atoms with Gasteiger partial charge in [-0.25, -0.2) is 4.79 Å². The second-order valence-corrected chi connectivity index (χ2v) is 4.61. The standard InChI is InChI=1S/C14H20N2O3/c1-5-16(8-12(17)18)14(19)15-13-10(3)6-9(2)7-11(13)4/h6-7H,5,8H2,1-4H3,(H,15,19)(H,17,18). The molecule has 0 aromatic heterocycles. The van der Waals surface area contributed by atoms with Crippen molar-refractivity contribution in [1.82, 2.24) is 4.90 Å². The minimum atomic E-state index is -1.02. The number of urea groups is 1. The number of nitrogens with zero attached hydrogens (tertiary/aromatic N) is 1. The van der Waals surface area contributed by atoms with E-state index in [0.717, 1.165) is 22.4 Å². The third-order valence-electron chi connectivity index (χ3n) is 2.90. The van der Waals surface area contributed by atoms with Gasteiger partial charge in [-0.2, -0.15) is 0 Å². The lowest BCUT2D eigenvalue weighted by atomic mass is 10.1. The average Bonchev–Trinajstić information content (AvgIpc) is 2.30. The molecule has 0 saturated carbocycles. The van der Waals surface area contributed by atoms with Crippen LogP contribution >= 0.6 is 0 Å². The van der Waals surface area contributed by atoms with Crippen molar-refractivity contribution in [3.8, 4) is 0 Å². The van der Waals surface area contributed by atoms with E-state index in [9.17, 15) is 9.59 Å². The maximum absolute atomic E-state index is 12.0. The Morgan fingerprint density at radius 2 is 1.74 bits per heavy atom. The predicted octanol–water partition coefficient (Wildman–Crippen LogP) is 2.55. The van der Waals surface area contributed by atoms with Crippen LogP contribution in [0.3, 0.4) is 0 Å². The van der Waals surface area contributed by atoms with Crippen LogP contribution in [-0.2, 0) is 4.79 Å². The molecule has 104 valence electrons. The summed E-state index contributed by atoms with van der Waals surface area (Å²) in [5.74, 6) is -1.02. The first kappa shape index (κ1) is 15.0. The van der Waals surface area contributed by atoms with Crippen molar-refractivity contribution in [1.29, 1.82) is 0 Å². The number of anilines is 1. The Morgan fingerprint density at radius 1 is 1.21 bits per heavy atom. The molecule has 0 aliphatic heterocycles. The van der Waals surface area contributed by atoms with Gasteiger partial charge in [0.2, 0.25) is 0 Å². The lowest BCUT2D eigenvalue weighted by Crippen LogP contribution is -2.38. The van der Waals surface area contributed by atoms with Crippen LogP contribution in [0.15, 0.2) is 12.1 Å². The SMILES string of the molecule is CCN(CC(=O)O)C(=O)Nc1c(C)cc(C)cc1C. The van der Waals surface area contributed by atoms with Crippen LogP contribution in [0.4, 0.5) is 10.5 Å². The molecule has 0 unspecified atom stereocenters. The predicted molar refractivity (Wildman–Crippen MR) is 74.6 cm³/mol. The smallest absolute Gasteiger partial charge is 0.323 e. The zero-order chi connectivity index (χ0) is 14.6. The van der Waals surface area contributed by atoms with Crippen LogP contribution in [0.1, 0.15) is 23.6 Å². The molecule has 5 heteroatoms. The van der Waals surface area contributed by atoms with Gasteiger partial charge in [-0.15, -0.1) is 0 Å². The molecule has 0 aliphatic carbocycles. The number of hydrogen-bond acceptors (Lipinski definition) is 2. The van der Waals surface area contributed by atoms with E-state index < -0.39 is 5.97 Å². The van der Waals surface area contributed by atoms with E-state index in [-0.39, 0.29) is 12.6 Å². The summed E-state index contributed by atoms with van der Waals surface area (Å²) in [4.78, 5) is 24.0. The number of likely N-dealkylation sites (N-methyl/N-ethyl adjacent to an activating group) is 1. The first-order valence-electron chi connectivity index (χ1n) is 6.20. The largest absolute Gasteiger partial charge is 0.480 e. The normalized spacial score (nSPS) is 10.1. The molecule has 1 aromatic carbocycles. The highest BCUT2D eigenvalue weighted by molar-refractivity contribution is 5.92. The molecule has 2 N–H and O–H groups in total. The van der Waals surface area contributed by atoms with Crippen molar-refractivity contribution in [2.24, 2.45) is 0 Å². The van der Waals surface area contributed by atoms with Crippen LogP contribution < -0.4 is 5.32 Å². The Balaban J connectivity index is 2.90. The zero-order valence-electron chi connectivity index (χ0n) is 11.8. The van der Waals surface area contributed by atoms with Gasteiger partial charge in [-0.05, 0) is 38.8 Å². The van der Waals surface area contributed by atoms with E-state index in [0.29, 0.717) is 6.54 Å². The molecule has 0 radical (unpaired) electrons. The maximum atomic E-state index is 12.0. The fourth-order valence-corrected chi connectivity index (χ4v) is 2.05. The summed E-state index contributed by atoms with van der Waals surface area (Å²) in [6, 6.07) is 3.58. The minimum absolute atomic E-state index is 0.299. The number of hydrogen-bond donors (Lipinski definition) is 2. The van der Waals surface area contributed by atoms with Gasteiger partial charge in [0, 0.05) is 12.2 Å². The topological polar surface area (TPSA) is 69.6 Å². The van der Waals surface area contributed by atoms with E-state index in [1.54, 1.807) is 6.92 Å². The highest BCUT2D eigenvalue weighted by atomic mass is 16.4. The number of aliphatic carboxylic acids is 1. The van der Waals surface area contributed by atoms with E-state index in [1.165, 1.54) is 4.90 Å². The van der Waals surface area contributed by atoms with Crippen LogP contribution in [0.5, 0.6) is 0 Å². The zero-order valence-corrected chi connectivity index (χ0v) is 11.8. The number of rotatable bonds is 4. The molecule has 5 nitrogen and oxygen atoms in total. The molecule has 2 amide bonds. The molecule has 0 fully saturated rings. The van der Waals surface area contributed by atoms with E-state index in [4.69, 9.17) is 5.11 Å². The van der Waals surface area contributed by atoms with E-state index in [1.807, 2.05) is 32.9 Å². The summed E-state index contributed by atoms with van der Waals surface area (Å²) in [5.41, 5.74) is 3.82. The lowest BCUT2D eigenvalue weighted by Gasteiger charge is -2.21. The summed E-state index contributed by atoms with van der Waals surface area (Å²) in [5, 5.41) is 11.5. The van der Waals surface area contributed by atoms with Gasteiger partial charge in [0.15, 0.2) is 0 Å². The number of carboxylic acids is 1. The van der Waals surface area contributed by atoms with E-state index >= 15 is 0 Å². The Kier molecular flexibility index (Phi) is 4.92. The minimum Gasteiger partial charge on any atom is -0.480 e. The Bertz CT molecular complexity index is 474. The molecule has 0 heterocycles. The van der Waals surface area contributed by atoms with Gasteiger partial charge in [-0.3, -0.25) is 4.79 Å². The second kappa shape index (κ2) is 6.22. The van der Waals surface area contributed by atoms with Crippen molar-refractivity contribution in [2.75, 3.05) is 18.4 Å². The molecular formula is C14H20N2O3. The fraction of sp³-hybridized carbons (Fsp3) is 0.429. The molecule has 19 heavy (non-hydrogen) atoms. The number of aryl methyl sites for hydroxylation is 3. The van der Waals surface area contributed by atoms with Gasteiger partial charge in [-0.1, -0.05) is 17.7 Å². The number of amides is 2. The first-order chi connectivity index (χ1) is 8.85. The van der Waals surface area contributed by atoms with Gasteiger partial charge < -0.3 is 15.3 Å². The number of carboxylic acid groups (broad SMARTS) is 1. The highest BCUT2D eigenvalue weighted by Crippen LogP contribution is 2.22. The molecule has 1 rings (SSSR count).